The summed E-state index contributed by atoms with van der Waals surface area (Å²) in [6.07, 6.45) is 6.39. The normalized spacial score (nSPS) is 11.6. The lowest BCUT2D eigenvalue weighted by Gasteiger charge is -2.14. The van der Waals surface area contributed by atoms with Crippen LogP contribution in [0.25, 0.3) is 16.5 Å². The molecule has 0 aliphatic heterocycles. The van der Waals surface area contributed by atoms with Crippen LogP contribution >= 0.6 is 0 Å². The summed E-state index contributed by atoms with van der Waals surface area (Å²) in [6, 6.07) is 25.0. The van der Waals surface area contributed by atoms with Gasteiger partial charge < -0.3 is 20.1 Å². The number of amides is 2. The van der Waals surface area contributed by atoms with Crippen LogP contribution in [0.4, 0.5) is 33.6 Å². The fraction of sp³-hybridized carbons (Fsp3) is 0.194. The average Bonchev–Trinajstić information content (AvgIpc) is 3.50. The largest absolute Gasteiger partial charge is 0.481 e. The summed E-state index contributed by atoms with van der Waals surface area (Å²) in [5.74, 6) is 2.12. The Morgan fingerprint density at radius 3 is 2.40 bits per heavy atom. The molecule has 0 saturated carbocycles. The van der Waals surface area contributed by atoms with E-state index in [4.69, 9.17) is 14.6 Å². The molecule has 0 fully saturated rings. The van der Waals surface area contributed by atoms with Crippen LogP contribution in [0.5, 0.6) is 17.5 Å². The van der Waals surface area contributed by atoms with Gasteiger partial charge in [0.2, 0.25) is 17.7 Å². The predicted molar refractivity (Wildman–Crippen MR) is 197 cm³/mol. The topological polar surface area (TPSA) is 158 Å². The van der Waals surface area contributed by atoms with Crippen LogP contribution < -0.4 is 25.4 Å². The summed E-state index contributed by atoms with van der Waals surface area (Å²) in [5.41, 5.74) is 3.05. The Balaban J connectivity index is 1.22. The van der Waals surface area contributed by atoms with E-state index in [-0.39, 0.29) is 5.41 Å². The Morgan fingerprint density at radius 1 is 0.880 bits per heavy atom. The van der Waals surface area contributed by atoms with E-state index in [1.165, 1.54) is 0 Å². The van der Waals surface area contributed by atoms with E-state index in [0.29, 0.717) is 52.0 Å². The molecule has 0 radical (unpaired) electrons. The number of hydrogen-bond donors (Lipinski definition) is 3. The van der Waals surface area contributed by atoms with Gasteiger partial charge in [-0.2, -0.15) is 14.4 Å². The van der Waals surface area contributed by atoms with Gasteiger partial charge in [-0.25, -0.2) is 23.7 Å². The molecule has 6 aromatic rings. The second-order valence-corrected chi connectivity index (χ2v) is 15.2. The number of fused-ring (bicyclic) bond motifs is 1. The molecule has 0 spiro atoms. The molecule has 6 rings (SSSR count). The average molecular weight is 692 g/mol. The van der Waals surface area contributed by atoms with Gasteiger partial charge in [0.15, 0.2) is 0 Å². The predicted octanol–water partition coefficient (Wildman–Crippen LogP) is 8.06. The lowest BCUT2D eigenvalue weighted by atomic mass is 9.92. The first-order chi connectivity index (χ1) is 23.8. The molecule has 0 aliphatic rings. The zero-order valence-corrected chi connectivity index (χ0v) is 29.3. The van der Waals surface area contributed by atoms with Gasteiger partial charge in [0.1, 0.15) is 11.6 Å². The molecule has 0 atom stereocenters. The van der Waals surface area contributed by atoms with Crippen LogP contribution in [0.2, 0.25) is 0 Å². The number of aromatic nitrogens is 5. The van der Waals surface area contributed by atoms with Crippen molar-refractivity contribution in [3.05, 3.63) is 103 Å². The van der Waals surface area contributed by atoms with Crippen molar-refractivity contribution in [2.24, 2.45) is 4.36 Å². The molecule has 13 nitrogen and oxygen atoms in total. The van der Waals surface area contributed by atoms with Crippen molar-refractivity contribution in [1.29, 1.82) is 0 Å². The minimum Gasteiger partial charge on any atom is -0.481 e. The first kappa shape index (κ1) is 33.9. The number of carbonyl (C=O) groups excluding carboxylic acids is 1. The van der Waals surface area contributed by atoms with Crippen molar-refractivity contribution >= 4 is 55.4 Å². The number of ether oxygens (including phenoxy) is 2. The Hall–Kier alpha value is -6.02. The second-order valence-electron chi connectivity index (χ2n) is 12.6. The molecule has 256 valence electrons. The highest BCUT2D eigenvalue weighted by Gasteiger charge is 2.22. The number of nitrogens with one attached hydrogen (secondary N) is 3. The molecule has 3 N–H and O–H groups in total. The number of hydrogen-bond acceptors (Lipinski definition) is 10. The Morgan fingerprint density at radius 2 is 1.68 bits per heavy atom. The molecule has 2 amide bonds. The minimum atomic E-state index is -2.31. The minimum absolute atomic E-state index is 0.262. The van der Waals surface area contributed by atoms with Crippen molar-refractivity contribution in [3.63, 3.8) is 0 Å². The molecule has 0 aliphatic carbocycles. The summed E-state index contributed by atoms with van der Waals surface area (Å²) in [7, 11) is -0.756. The van der Waals surface area contributed by atoms with E-state index in [1.54, 1.807) is 73.1 Å². The van der Waals surface area contributed by atoms with Gasteiger partial charge in [-0.3, -0.25) is 5.32 Å². The van der Waals surface area contributed by atoms with Gasteiger partial charge in [-0.15, -0.1) is 0 Å². The molecule has 0 saturated heterocycles. The number of pyridine rings is 1. The number of methoxy groups -OCH3 is 1. The van der Waals surface area contributed by atoms with Crippen LogP contribution in [0.15, 0.2) is 102 Å². The van der Waals surface area contributed by atoms with Crippen molar-refractivity contribution in [1.82, 2.24) is 24.7 Å². The van der Waals surface area contributed by atoms with E-state index in [2.05, 4.69) is 56.0 Å². The molecule has 50 heavy (non-hydrogen) atoms. The maximum Gasteiger partial charge on any atom is 0.324 e. The zero-order valence-electron chi connectivity index (χ0n) is 28.5. The monoisotopic (exact) mass is 691 g/mol. The van der Waals surface area contributed by atoms with E-state index in [1.807, 2.05) is 48.5 Å². The molecule has 3 aromatic heterocycles. The molecule has 3 aromatic carbocycles. The summed E-state index contributed by atoms with van der Waals surface area (Å²) < 4.78 is 29.5. The number of anilines is 4. The maximum absolute atomic E-state index is 13.4. The Bertz CT molecular complexity index is 2300. The Kier molecular flexibility index (Phi) is 9.37. The third-order valence-corrected chi connectivity index (χ3v) is 7.95. The number of nitrogens with zero attached hydrogens (tertiary/aromatic N) is 6. The smallest absolute Gasteiger partial charge is 0.324 e. The fourth-order valence-corrected chi connectivity index (χ4v) is 5.61. The summed E-state index contributed by atoms with van der Waals surface area (Å²) in [6.45, 7) is 6.16. The van der Waals surface area contributed by atoms with Gasteiger partial charge >= 0.3 is 6.03 Å². The van der Waals surface area contributed by atoms with Crippen LogP contribution in [0.3, 0.4) is 0 Å². The van der Waals surface area contributed by atoms with Gasteiger partial charge in [0, 0.05) is 68.5 Å². The van der Waals surface area contributed by atoms with E-state index >= 15 is 0 Å². The van der Waals surface area contributed by atoms with Crippen molar-refractivity contribution in [2.45, 2.75) is 26.2 Å². The maximum atomic E-state index is 13.4. The van der Waals surface area contributed by atoms with Crippen molar-refractivity contribution < 1.29 is 18.5 Å². The standard InChI is InChI=1S/C36H37N9O4S/c1-36(2,3)30-21-31(45(43-30)25-14-17-32(48-4)38-22-25)41-35(46)40-28-15-16-29(27-13-8-7-12-26(27)28)49-33-18-19-37-34(42-33)39-23-10-9-11-24(20-23)44-50(5,6)47/h7-22H,1-6H3,(H,37,39,42)(H2,40,41,46). The van der Waals surface area contributed by atoms with E-state index in [9.17, 15) is 9.00 Å². The lowest BCUT2D eigenvalue weighted by Crippen LogP contribution is -2.21. The molecule has 0 bridgehead atoms. The van der Waals surface area contributed by atoms with Crippen LogP contribution in [0, 0.1) is 0 Å². The number of benzene rings is 3. The van der Waals surface area contributed by atoms with Gasteiger partial charge in [-0.05, 0) is 36.4 Å². The fourth-order valence-electron chi connectivity index (χ4n) is 4.99. The molecule has 0 unspecified atom stereocenters. The highest BCUT2D eigenvalue weighted by atomic mass is 32.2. The van der Waals surface area contributed by atoms with Gasteiger partial charge in [-0.1, -0.05) is 51.1 Å². The van der Waals surface area contributed by atoms with Crippen LogP contribution in [-0.2, 0) is 15.1 Å². The highest BCUT2D eigenvalue weighted by molar-refractivity contribution is 7.92. The third kappa shape index (κ3) is 8.15. The van der Waals surface area contributed by atoms with Crippen LogP contribution in [-0.4, -0.2) is 54.6 Å². The third-order valence-electron chi connectivity index (χ3n) is 7.30. The summed E-state index contributed by atoms with van der Waals surface area (Å²) >= 11 is 0. The number of urea groups is 1. The summed E-state index contributed by atoms with van der Waals surface area (Å²) in [4.78, 5) is 26.6. The van der Waals surface area contributed by atoms with Gasteiger partial charge in [0.05, 0.1) is 36.1 Å². The quantitative estimate of drug-likeness (QED) is 0.136. The van der Waals surface area contributed by atoms with Crippen molar-refractivity contribution in [2.75, 3.05) is 35.6 Å². The first-order valence-electron chi connectivity index (χ1n) is 15.6. The SMILES string of the molecule is COc1ccc(-n2nc(C(C)(C)C)cc2NC(=O)Nc2ccc(Oc3ccnc(Nc4cccc(N=S(C)(C)=O)c4)n3)c3ccccc23)cn1. The van der Waals surface area contributed by atoms with E-state index < -0.39 is 15.8 Å². The second kappa shape index (κ2) is 13.8. The molecular weight excluding hydrogens is 655 g/mol. The Labute approximate surface area is 290 Å². The van der Waals surface area contributed by atoms with Gasteiger partial charge in [0.25, 0.3) is 0 Å². The first-order valence-corrected chi connectivity index (χ1v) is 17.9. The number of carbonyl (C=O) groups is 1. The highest BCUT2D eigenvalue weighted by Crippen LogP contribution is 2.35. The van der Waals surface area contributed by atoms with Crippen molar-refractivity contribution in [3.8, 4) is 23.2 Å². The molecule has 14 heteroatoms. The van der Waals surface area contributed by atoms with E-state index in [0.717, 1.165) is 16.5 Å². The van der Waals surface area contributed by atoms with Crippen LogP contribution in [0.1, 0.15) is 26.5 Å². The summed E-state index contributed by atoms with van der Waals surface area (Å²) in [5, 5.41) is 15.4. The lowest BCUT2D eigenvalue weighted by molar-refractivity contribution is 0.262. The zero-order chi connectivity index (χ0) is 35.5. The number of rotatable bonds is 9. The molecular formula is C36H37N9O4S. The molecule has 3 heterocycles.